The number of ether oxygens (including phenoxy) is 1. The minimum Gasteiger partial charge on any atom is -0.394 e. The molecule has 0 aromatic carbocycles. The maximum Gasteiger partial charge on any atom is 0.416 e. The van der Waals surface area contributed by atoms with Gasteiger partial charge in [0.1, 0.15) is 5.15 Å². The Morgan fingerprint density at radius 2 is 2.05 bits per heavy atom. The predicted octanol–water partition coefficient (Wildman–Crippen LogP) is 2.24. The van der Waals surface area contributed by atoms with E-state index in [1.165, 1.54) is 0 Å². The van der Waals surface area contributed by atoms with Crippen LogP contribution in [0.25, 0.3) is 0 Å². The Morgan fingerprint density at radius 3 is 2.70 bits per heavy atom. The number of rotatable bonds is 8. The van der Waals surface area contributed by atoms with Gasteiger partial charge >= 0.3 is 6.18 Å². The van der Waals surface area contributed by atoms with Crippen LogP contribution < -0.4 is 5.32 Å². The lowest BCUT2D eigenvalue weighted by molar-refractivity contribution is -0.137. The summed E-state index contributed by atoms with van der Waals surface area (Å²) in [6.07, 6.45) is -3.74. The van der Waals surface area contributed by atoms with Crippen molar-refractivity contribution in [3.05, 3.63) is 28.5 Å². The van der Waals surface area contributed by atoms with Crippen LogP contribution in [0.15, 0.2) is 12.1 Å². The van der Waals surface area contributed by atoms with E-state index in [9.17, 15) is 13.2 Å². The Labute approximate surface area is 119 Å². The fourth-order valence-corrected chi connectivity index (χ4v) is 1.71. The summed E-state index contributed by atoms with van der Waals surface area (Å²) in [5.41, 5.74) is -0.568. The molecule has 0 radical (unpaired) electrons. The molecule has 0 unspecified atom stereocenters. The molecule has 0 bridgehead atoms. The van der Waals surface area contributed by atoms with E-state index in [-0.39, 0.29) is 30.6 Å². The molecule has 1 aromatic rings. The van der Waals surface area contributed by atoms with E-state index in [4.69, 9.17) is 21.4 Å². The fraction of sp³-hybridized carbons (Fsp3) is 0.583. The van der Waals surface area contributed by atoms with Crippen molar-refractivity contribution in [2.75, 3.05) is 26.4 Å². The highest BCUT2D eigenvalue weighted by Gasteiger charge is 2.31. The van der Waals surface area contributed by atoms with Gasteiger partial charge in [-0.15, -0.1) is 0 Å². The van der Waals surface area contributed by atoms with Crippen molar-refractivity contribution in [2.45, 2.75) is 19.1 Å². The van der Waals surface area contributed by atoms with E-state index in [1.54, 1.807) is 0 Å². The molecule has 0 aliphatic carbocycles. The first kappa shape index (κ1) is 17.2. The van der Waals surface area contributed by atoms with Crippen molar-refractivity contribution < 1.29 is 23.0 Å². The van der Waals surface area contributed by atoms with Crippen LogP contribution in [0.5, 0.6) is 0 Å². The Kier molecular flexibility index (Phi) is 7.22. The molecule has 2 N–H and O–H groups in total. The summed E-state index contributed by atoms with van der Waals surface area (Å²) in [4.78, 5) is 3.83. The molecular formula is C12H16ClF3N2O2. The smallest absolute Gasteiger partial charge is 0.394 e. The van der Waals surface area contributed by atoms with Crippen LogP contribution in [0, 0.1) is 0 Å². The summed E-state index contributed by atoms with van der Waals surface area (Å²) in [5.74, 6) is 0. The van der Waals surface area contributed by atoms with Crippen LogP contribution in [0.2, 0.25) is 5.15 Å². The third-order valence-corrected chi connectivity index (χ3v) is 2.55. The standard InChI is InChI=1S/C12H16ClF3N2O2/c13-11-7-9(12(14,15)16)6-10(18-11)8-17-2-1-4-20-5-3-19/h6-7,17,19H,1-5,8H2. The normalized spacial score (nSPS) is 11.8. The zero-order chi connectivity index (χ0) is 15.0. The monoisotopic (exact) mass is 312 g/mol. The van der Waals surface area contributed by atoms with Gasteiger partial charge in [0.2, 0.25) is 0 Å². The molecule has 0 fully saturated rings. The Hall–Kier alpha value is -0.890. The van der Waals surface area contributed by atoms with Gasteiger partial charge in [0, 0.05) is 13.2 Å². The van der Waals surface area contributed by atoms with Gasteiger partial charge in [0.15, 0.2) is 0 Å². The van der Waals surface area contributed by atoms with Gasteiger partial charge in [-0.3, -0.25) is 0 Å². The van der Waals surface area contributed by atoms with Crippen molar-refractivity contribution >= 4 is 11.6 Å². The van der Waals surface area contributed by atoms with Crippen LogP contribution in [0.3, 0.4) is 0 Å². The summed E-state index contributed by atoms with van der Waals surface area (Å²) in [5, 5.41) is 11.3. The second-order valence-corrected chi connectivity index (χ2v) is 4.42. The lowest BCUT2D eigenvalue weighted by Gasteiger charge is -2.10. The molecule has 1 heterocycles. The number of aliphatic hydroxyl groups excluding tert-OH is 1. The van der Waals surface area contributed by atoms with E-state index >= 15 is 0 Å². The third kappa shape index (κ3) is 6.51. The maximum absolute atomic E-state index is 12.6. The quantitative estimate of drug-likeness (QED) is 0.571. The number of nitrogens with one attached hydrogen (secondary N) is 1. The van der Waals surface area contributed by atoms with Gasteiger partial charge in [-0.25, -0.2) is 4.98 Å². The molecule has 0 aliphatic rings. The highest BCUT2D eigenvalue weighted by molar-refractivity contribution is 6.29. The van der Waals surface area contributed by atoms with E-state index in [1.807, 2.05) is 0 Å². The number of alkyl halides is 3. The second kappa shape index (κ2) is 8.41. The minimum atomic E-state index is -4.43. The van der Waals surface area contributed by atoms with Crippen molar-refractivity contribution in [3.63, 3.8) is 0 Å². The lowest BCUT2D eigenvalue weighted by atomic mass is 10.2. The van der Waals surface area contributed by atoms with Crippen LogP contribution in [-0.4, -0.2) is 36.5 Å². The summed E-state index contributed by atoms with van der Waals surface area (Å²) < 4.78 is 42.7. The molecule has 114 valence electrons. The van der Waals surface area contributed by atoms with Gasteiger partial charge in [-0.1, -0.05) is 11.6 Å². The molecule has 0 atom stereocenters. The van der Waals surface area contributed by atoms with Gasteiger partial charge < -0.3 is 15.2 Å². The number of pyridine rings is 1. The molecule has 1 rings (SSSR count). The first-order valence-electron chi connectivity index (χ1n) is 6.06. The van der Waals surface area contributed by atoms with Crippen molar-refractivity contribution in [1.82, 2.24) is 10.3 Å². The number of hydrogen-bond donors (Lipinski definition) is 2. The number of nitrogens with zero attached hydrogens (tertiary/aromatic N) is 1. The Morgan fingerprint density at radius 1 is 1.30 bits per heavy atom. The van der Waals surface area contributed by atoms with Gasteiger partial charge in [0.05, 0.1) is 24.5 Å². The Balaban J connectivity index is 2.39. The minimum absolute atomic E-state index is 0.0277. The fourth-order valence-electron chi connectivity index (χ4n) is 1.49. The number of aromatic nitrogens is 1. The van der Waals surface area contributed by atoms with Gasteiger partial charge in [-0.05, 0) is 25.1 Å². The van der Waals surface area contributed by atoms with Crippen LogP contribution in [-0.2, 0) is 17.5 Å². The molecular weight excluding hydrogens is 297 g/mol. The largest absolute Gasteiger partial charge is 0.416 e. The number of aliphatic hydroxyl groups is 1. The molecule has 1 aromatic heterocycles. The maximum atomic E-state index is 12.6. The SMILES string of the molecule is OCCOCCCNCc1cc(C(F)(F)F)cc(Cl)n1. The summed E-state index contributed by atoms with van der Waals surface area (Å²) in [6, 6.07) is 1.77. The summed E-state index contributed by atoms with van der Waals surface area (Å²) in [7, 11) is 0. The van der Waals surface area contributed by atoms with Gasteiger partial charge in [-0.2, -0.15) is 13.2 Å². The predicted molar refractivity (Wildman–Crippen MR) is 68.5 cm³/mol. The highest BCUT2D eigenvalue weighted by Crippen LogP contribution is 2.30. The van der Waals surface area contributed by atoms with Crippen LogP contribution >= 0.6 is 11.6 Å². The molecule has 0 saturated heterocycles. The average molecular weight is 313 g/mol. The molecule has 0 saturated carbocycles. The second-order valence-electron chi connectivity index (χ2n) is 4.03. The first-order chi connectivity index (χ1) is 9.43. The first-order valence-corrected chi connectivity index (χ1v) is 6.44. The number of hydrogen-bond acceptors (Lipinski definition) is 4. The zero-order valence-electron chi connectivity index (χ0n) is 10.7. The van der Waals surface area contributed by atoms with E-state index in [0.717, 1.165) is 12.1 Å². The van der Waals surface area contributed by atoms with Gasteiger partial charge in [0.25, 0.3) is 0 Å². The van der Waals surface area contributed by atoms with Crippen molar-refractivity contribution in [1.29, 1.82) is 0 Å². The average Bonchev–Trinajstić information content (AvgIpc) is 2.36. The number of halogens is 4. The summed E-state index contributed by atoms with van der Waals surface area (Å²) in [6.45, 7) is 1.50. The Bertz CT molecular complexity index is 416. The third-order valence-electron chi connectivity index (χ3n) is 2.36. The zero-order valence-corrected chi connectivity index (χ0v) is 11.5. The lowest BCUT2D eigenvalue weighted by Crippen LogP contribution is -2.18. The summed E-state index contributed by atoms with van der Waals surface area (Å²) >= 11 is 5.57. The van der Waals surface area contributed by atoms with Crippen molar-refractivity contribution in [2.24, 2.45) is 0 Å². The van der Waals surface area contributed by atoms with E-state index < -0.39 is 11.7 Å². The topological polar surface area (TPSA) is 54.4 Å². The molecule has 0 aliphatic heterocycles. The highest BCUT2D eigenvalue weighted by atomic mass is 35.5. The molecule has 0 spiro atoms. The molecule has 20 heavy (non-hydrogen) atoms. The van der Waals surface area contributed by atoms with E-state index in [0.29, 0.717) is 19.6 Å². The van der Waals surface area contributed by atoms with E-state index in [2.05, 4.69) is 10.3 Å². The van der Waals surface area contributed by atoms with Crippen LogP contribution in [0.1, 0.15) is 17.7 Å². The molecule has 8 heteroatoms. The molecule has 4 nitrogen and oxygen atoms in total. The van der Waals surface area contributed by atoms with Crippen LogP contribution in [0.4, 0.5) is 13.2 Å². The van der Waals surface area contributed by atoms with Crippen molar-refractivity contribution in [3.8, 4) is 0 Å². The molecule has 0 amide bonds.